The van der Waals surface area contributed by atoms with Crippen LogP contribution >= 0.6 is 23.2 Å². The summed E-state index contributed by atoms with van der Waals surface area (Å²) in [7, 11) is -0.530. The van der Waals surface area contributed by atoms with Crippen LogP contribution in [0.3, 0.4) is 0 Å². The van der Waals surface area contributed by atoms with Crippen LogP contribution in [-0.4, -0.2) is 37.6 Å². The highest BCUT2D eigenvalue weighted by molar-refractivity contribution is 7.92. The second-order valence-electron chi connectivity index (χ2n) is 4.50. The molecule has 0 fully saturated rings. The normalized spacial score (nSPS) is 11.3. The van der Waals surface area contributed by atoms with Crippen molar-refractivity contribution in [3.05, 3.63) is 34.6 Å². The van der Waals surface area contributed by atoms with E-state index in [9.17, 15) is 13.5 Å². The van der Waals surface area contributed by atoms with Gasteiger partial charge in [0.2, 0.25) is 0 Å². The van der Waals surface area contributed by atoms with Gasteiger partial charge in [-0.25, -0.2) is 18.4 Å². The van der Waals surface area contributed by atoms with E-state index >= 15 is 0 Å². The number of aromatic hydroxyl groups is 1. The van der Waals surface area contributed by atoms with Crippen LogP contribution in [0.25, 0.3) is 0 Å². The standard InChI is InChI=1S/C12H12Cl2N4O3S/c1-18(2)12-9(14)4-8(6-16-12)22(20,21)17-11-10(19)3-7(13)5-15-11/h3-6,19H,1-2H3,(H,15,17). The third-order valence-electron chi connectivity index (χ3n) is 2.60. The number of halogens is 2. The number of nitrogens with one attached hydrogen (secondary N) is 1. The van der Waals surface area contributed by atoms with E-state index in [-0.39, 0.29) is 26.5 Å². The summed E-state index contributed by atoms with van der Waals surface area (Å²) in [5.41, 5.74) is 0. The molecule has 0 spiro atoms. The van der Waals surface area contributed by atoms with E-state index in [0.29, 0.717) is 5.82 Å². The highest BCUT2D eigenvalue weighted by Gasteiger charge is 2.19. The van der Waals surface area contributed by atoms with Gasteiger partial charge in [-0.1, -0.05) is 23.2 Å². The zero-order valence-electron chi connectivity index (χ0n) is 11.6. The van der Waals surface area contributed by atoms with Crippen molar-refractivity contribution in [1.82, 2.24) is 9.97 Å². The predicted octanol–water partition coefficient (Wildman–Crippen LogP) is 2.36. The molecule has 2 N–H and O–H groups in total. The number of rotatable bonds is 4. The molecule has 10 heteroatoms. The number of hydrogen-bond acceptors (Lipinski definition) is 6. The maximum atomic E-state index is 12.3. The summed E-state index contributed by atoms with van der Waals surface area (Å²) in [6.45, 7) is 0. The Bertz CT molecular complexity index is 812. The van der Waals surface area contributed by atoms with E-state index in [4.69, 9.17) is 23.2 Å². The summed E-state index contributed by atoms with van der Waals surface area (Å²) >= 11 is 11.6. The molecule has 0 radical (unpaired) electrons. The minimum absolute atomic E-state index is 0.153. The van der Waals surface area contributed by atoms with Crippen LogP contribution in [0.2, 0.25) is 10.0 Å². The first-order valence-electron chi connectivity index (χ1n) is 5.91. The van der Waals surface area contributed by atoms with Gasteiger partial charge in [0.15, 0.2) is 11.6 Å². The van der Waals surface area contributed by atoms with Crippen molar-refractivity contribution in [3.8, 4) is 5.75 Å². The minimum Gasteiger partial charge on any atom is -0.504 e. The van der Waals surface area contributed by atoms with Gasteiger partial charge < -0.3 is 10.0 Å². The Morgan fingerprint density at radius 2 is 1.86 bits per heavy atom. The Labute approximate surface area is 137 Å². The maximum absolute atomic E-state index is 12.3. The lowest BCUT2D eigenvalue weighted by atomic mass is 10.4. The Morgan fingerprint density at radius 3 is 2.41 bits per heavy atom. The van der Waals surface area contributed by atoms with Crippen LogP contribution in [0.1, 0.15) is 0 Å². The van der Waals surface area contributed by atoms with Crippen molar-refractivity contribution in [2.45, 2.75) is 4.90 Å². The van der Waals surface area contributed by atoms with Gasteiger partial charge in [0.05, 0.1) is 10.0 Å². The highest BCUT2D eigenvalue weighted by atomic mass is 35.5. The molecule has 2 aromatic heterocycles. The van der Waals surface area contributed by atoms with Gasteiger partial charge in [0.25, 0.3) is 10.0 Å². The molecule has 0 saturated heterocycles. The number of hydrogen-bond donors (Lipinski definition) is 2. The van der Waals surface area contributed by atoms with Crippen LogP contribution in [-0.2, 0) is 10.0 Å². The molecule has 0 amide bonds. The average Bonchev–Trinajstić information content (AvgIpc) is 2.41. The summed E-state index contributed by atoms with van der Waals surface area (Å²) < 4.78 is 26.7. The van der Waals surface area contributed by atoms with E-state index in [2.05, 4.69) is 14.7 Å². The van der Waals surface area contributed by atoms with Gasteiger partial charge in [-0.3, -0.25) is 4.72 Å². The summed E-state index contributed by atoms with van der Waals surface area (Å²) in [6, 6.07) is 2.44. The van der Waals surface area contributed by atoms with Crippen molar-refractivity contribution in [2.75, 3.05) is 23.7 Å². The Morgan fingerprint density at radius 1 is 1.18 bits per heavy atom. The lowest BCUT2D eigenvalue weighted by Gasteiger charge is -2.14. The first-order valence-corrected chi connectivity index (χ1v) is 8.15. The maximum Gasteiger partial charge on any atom is 0.264 e. The molecular weight excluding hydrogens is 351 g/mol. The molecule has 118 valence electrons. The van der Waals surface area contributed by atoms with Gasteiger partial charge >= 0.3 is 0 Å². The monoisotopic (exact) mass is 362 g/mol. The molecule has 0 aliphatic rings. The molecule has 0 aromatic carbocycles. The summed E-state index contributed by atoms with van der Waals surface area (Å²) in [5.74, 6) is -0.190. The van der Waals surface area contributed by atoms with Crippen LogP contribution in [0.5, 0.6) is 5.75 Å². The molecule has 0 aliphatic heterocycles. The number of anilines is 2. The Hall–Kier alpha value is -1.77. The Balaban J connectivity index is 2.36. The summed E-state index contributed by atoms with van der Waals surface area (Å²) in [6.07, 6.45) is 2.37. The van der Waals surface area contributed by atoms with Crippen LogP contribution in [0.15, 0.2) is 29.4 Å². The smallest absolute Gasteiger partial charge is 0.264 e. The summed E-state index contributed by atoms with van der Waals surface area (Å²) in [5, 5.41) is 10.0. The molecule has 0 atom stereocenters. The quantitative estimate of drug-likeness (QED) is 0.866. The predicted molar refractivity (Wildman–Crippen MR) is 85.3 cm³/mol. The Kier molecular flexibility index (Phi) is 4.64. The van der Waals surface area contributed by atoms with Crippen molar-refractivity contribution in [3.63, 3.8) is 0 Å². The minimum atomic E-state index is -3.99. The van der Waals surface area contributed by atoms with Crippen molar-refractivity contribution in [1.29, 1.82) is 0 Å². The molecule has 0 unspecified atom stereocenters. The third-order valence-corrected chi connectivity index (χ3v) is 4.39. The zero-order chi connectivity index (χ0) is 16.5. The highest BCUT2D eigenvalue weighted by Crippen LogP contribution is 2.28. The van der Waals surface area contributed by atoms with Crippen molar-refractivity contribution in [2.24, 2.45) is 0 Å². The number of nitrogens with zero attached hydrogens (tertiary/aromatic N) is 3. The fourth-order valence-corrected chi connectivity index (χ4v) is 3.13. The van der Waals surface area contributed by atoms with Gasteiger partial charge in [0, 0.05) is 32.6 Å². The first kappa shape index (κ1) is 16.6. The number of pyridine rings is 2. The average molecular weight is 363 g/mol. The van der Waals surface area contributed by atoms with Crippen LogP contribution < -0.4 is 9.62 Å². The van der Waals surface area contributed by atoms with Crippen molar-refractivity contribution < 1.29 is 13.5 Å². The van der Waals surface area contributed by atoms with Crippen LogP contribution in [0, 0.1) is 0 Å². The van der Waals surface area contributed by atoms with E-state index < -0.39 is 10.0 Å². The summed E-state index contributed by atoms with van der Waals surface area (Å²) in [4.78, 5) is 9.21. The lowest BCUT2D eigenvalue weighted by molar-refractivity contribution is 0.475. The first-order chi connectivity index (χ1) is 10.2. The van der Waals surface area contributed by atoms with Gasteiger partial charge in [0.1, 0.15) is 10.7 Å². The molecule has 0 bridgehead atoms. The van der Waals surface area contributed by atoms with Gasteiger partial charge in [-0.15, -0.1) is 0 Å². The molecule has 22 heavy (non-hydrogen) atoms. The van der Waals surface area contributed by atoms with E-state index in [1.807, 2.05) is 0 Å². The molecule has 2 heterocycles. The molecule has 2 rings (SSSR count). The van der Waals surface area contributed by atoms with Gasteiger partial charge in [-0.05, 0) is 6.07 Å². The van der Waals surface area contributed by atoms with E-state index in [0.717, 1.165) is 6.20 Å². The molecule has 2 aromatic rings. The molecule has 0 saturated carbocycles. The van der Waals surface area contributed by atoms with E-state index in [1.165, 1.54) is 18.3 Å². The second-order valence-corrected chi connectivity index (χ2v) is 7.02. The van der Waals surface area contributed by atoms with Crippen LogP contribution in [0.4, 0.5) is 11.6 Å². The fourth-order valence-electron chi connectivity index (χ4n) is 1.58. The molecule has 7 nitrogen and oxygen atoms in total. The van der Waals surface area contributed by atoms with Gasteiger partial charge in [-0.2, -0.15) is 0 Å². The van der Waals surface area contributed by atoms with Crippen molar-refractivity contribution >= 4 is 44.9 Å². The zero-order valence-corrected chi connectivity index (χ0v) is 13.9. The third kappa shape index (κ3) is 3.52. The largest absolute Gasteiger partial charge is 0.504 e. The topological polar surface area (TPSA) is 95.4 Å². The number of aromatic nitrogens is 2. The lowest BCUT2D eigenvalue weighted by Crippen LogP contribution is -2.16. The number of sulfonamides is 1. The second kappa shape index (κ2) is 6.15. The fraction of sp³-hybridized carbons (Fsp3) is 0.167. The van der Waals surface area contributed by atoms with E-state index in [1.54, 1.807) is 19.0 Å². The molecular formula is C12H12Cl2N4O3S. The SMILES string of the molecule is CN(C)c1ncc(S(=O)(=O)Nc2ncc(Cl)cc2O)cc1Cl. The molecule has 0 aliphatic carbocycles.